The highest BCUT2D eigenvalue weighted by molar-refractivity contribution is 4.56. The summed E-state index contributed by atoms with van der Waals surface area (Å²) in [5, 5.41) is 0. The minimum absolute atomic E-state index is 0.0370. The summed E-state index contributed by atoms with van der Waals surface area (Å²) in [5.74, 6) is 0. The maximum Gasteiger partial charge on any atom is 0.0694 e. The first-order chi connectivity index (χ1) is 2.81. The van der Waals surface area contributed by atoms with Crippen LogP contribution in [0.4, 0.5) is 0 Å². The Morgan fingerprint density at radius 2 is 2.50 bits per heavy atom. The van der Waals surface area contributed by atoms with E-state index in [1.165, 1.54) is 0 Å². The third-order valence-corrected chi connectivity index (χ3v) is 0.596. The molecular formula is C4H10NO. The lowest BCUT2D eigenvalue weighted by Gasteiger charge is -2.01. The van der Waals surface area contributed by atoms with Gasteiger partial charge in [0.25, 0.3) is 0 Å². The van der Waals surface area contributed by atoms with E-state index >= 15 is 0 Å². The second kappa shape index (κ2) is 3.12. The van der Waals surface area contributed by atoms with Crippen molar-refractivity contribution in [3.8, 4) is 0 Å². The summed E-state index contributed by atoms with van der Waals surface area (Å²) >= 11 is 0. The maximum absolute atomic E-state index is 5.10. The first-order valence-corrected chi connectivity index (χ1v) is 1.87. The monoisotopic (exact) mass is 88.1 g/mol. The average Bonchev–Trinajstić information content (AvgIpc) is 1.65. The van der Waals surface area contributed by atoms with Crippen molar-refractivity contribution in [2.75, 3.05) is 13.7 Å². The Bertz CT molecular complexity index is 26.7. The smallest absolute Gasteiger partial charge is 0.0694 e. The molecule has 1 unspecified atom stereocenters. The van der Waals surface area contributed by atoms with Crippen molar-refractivity contribution in [3.63, 3.8) is 0 Å². The van der Waals surface area contributed by atoms with Crippen LogP contribution in [-0.2, 0) is 4.74 Å². The molecule has 0 saturated carbocycles. The van der Waals surface area contributed by atoms with Gasteiger partial charge in [-0.05, 0) is 6.92 Å². The van der Waals surface area contributed by atoms with Crippen molar-refractivity contribution in [2.45, 2.75) is 6.10 Å². The number of ether oxygens (including phenoxy) is 1. The molecule has 0 fully saturated rings. The summed E-state index contributed by atoms with van der Waals surface area (Å²) in [6, 6.07) is 0. The second-order valence-electron chi connectivity index (χ2n) is 1.09. The number of nitrogens with two attached hydrogens (primary N) is 1. The van der Waals surface area contributed by atoms with Gasteiger partial charge in [0, 0.05) is 13.7 Å². The molecular weight excluding hydrogens is 78.0 g/mol. The van der Waals surface area contributed by atoms with E-state index in [0.717, 1.165) is 0 Å². The average molecular weight is 88.1 g/mol. The van der Waals surface area contributed by atoms with Crippen LogP contribution in [-0.4, -0.2) is 19.8 Å². The minimum Gasteiger partial charge on any atom is -0.380 e. The van der Waals surface area contributed by atoms with Crippen molar-refractivity contribution in [3.05, 3.63) is 6.92 Å². The lowest BCUT2D eigenvalue weighted by Crippen LogP contribution is -2.17. The summed E-state index contributed by atoms with van der Waals surface area (Å²) in [7, 11) is 1.59. The fourth-order valence-electron chi connectivity index (χ4n) is 0.0962. The van der Waals surface area contributed by atoms with Crippen molar-refractivity contribution in [1.82, 2.24) is 0 Å². The van der Waals surface area contributed by atoms with Crippen LogP contribution in [0.25, 0.3) is 0 Å². The normalized spacial score (nSPS) is 14.5. The molecule has 6 heavy (non-hydrogen) atoms. The predicted molar refractivity (Wildman–Crippen MR) is 25.2 cm³/mol. The quantitative estimate of drug-likeness (QED) is 0.507. The standard InChI is InChI=1S/C4H10NO/c1-4(3-5)6-2/h4H,1,3,5H2,2H3. The van der Waals surface area contributed by atoms with Crippen LogP contribution in [0.2, 0.25) is 0 Å². The zero-order valence-corrected chi connectivity index (χ0v) is 3.98. The van der Waals surface area contributed by atoms with E-state index in [4.69, 9.17) is 5.73 Å². The molecule has 0 aromatic carbocycles. The third-order valence-electron chi connectivity index (χ3n) is 0.596. The van der Waals surface area contributed by atoms with Crippen LogP contribution in [0.1, 0.15) is 0 Å². The molecule has 0 spiro atoms. The molecule has 1 radical (unpaired) electrons. The fourth-order valence-corrected chi connectivity index (χ4v) is 0.0962. The van der Waals surface area contributed by atoms with E-state index in [2.05, 4.69) is 11.7 Å². The molecule has 2 N–H and O–H groups in total. The Kier molecular flexibility index (Phi) is 3.08. The zero-order chi connectivity index (χ0) is 4.99. The largest absolute Gasteiger partial charge is 0.380 e. The van der Waals surface area contributed by atoms with Crippen molar-refractivity contribution < 1.29 is 4.74 Å². The van der Waals surface area contributed by atoms with Gasteiger partial charge in [-0.1, -0.05) is 0 Å². The van der Waals surface area contributed by atoms with E-state index in [1.54, 1.807) is 7.11 Å². The van der Waals surface area contributed by atoms with E-state index < -0.39 is 0 Å². The number of hydrogen-bond acceptors (Lipinski definition) is 2. The highest BCUT2D eigenvalue weighted by atomic mass is 16.5. The first kappa shape index (κ1) is 5.92. The van der Waals surface area contributed by atoms with Crippen molar-refractivity contribution >= 4 is 0 Å². The molecule has 0 heterocycles. The van der Waals surface area contributed by atoms with E-state index in [-0.39, 0.29) is 6.10 Å². The van der Waals surface area contributed by atoms with Gasteiger partial charge in [-0.2, -0.15) is 0 Å². The molecule has 0 aliphatic carbocycles. The summed E-state index contributed by atoms with van der Waals surface area (Å²) in [4.78, 5) is 0. The highest BCUT2D eigenvalue weighted by Gasteiger charge is 1.89. The Labute approximate surface area is 38.3 Å². The third kappa shape index (κ3) is 2.18. The Balaban J connectivity index is 2.75. The molecule has 0 aromatic rings. The van der Waals surface area contributed by atoms with E-state index in [0.29, 0.717) is 6.54 Å². The van der Waals surface area contributed by atoms with Gasteiger partial charge < -0.3 is 10.5 Å². The predicted octanol–water partition coefficient (Wildman–Crippen LogP) is -0.206. The van der Waals surface area contributed by atoms with Gasteiger partial charge in [0.15, 0.2) is 0 Å². The Morgan fingerprint density at radius 1 is 2.00 bits per heavy atom. The molecule has 0 saturated heterocycles. The Morgan fingerprint density at radius 3 is 2.50 bits per heavy atom. The number of hydrogen-bond donors (Lipinski definition) is 1. The lowest BCUT2D eigenvalue weighted by molar-refractivity contribution is 0.145. The minimum atomic E-state index is -0.0370. The molecule has 0 aliphatic rings. The summed E-state index contributed by atoms with van der Waals surface area (Å²) in [6.45, 7) is 4.02. The van der Waals surface area contributed by atoms with Gasteiger partial charge in [-0.3, -0.25) is 0 Å². The molecule has 2 heteroatoms. The second-order valence-corrected chi connectivity index (χ2v) is 1.09. The molecule has 0 amide bonds. The maximum atomic E-state index is 5.10. The summed E-state index contributed by atoms with van der Waals surface area (Å²) in [5.41, 5.74) is 5.10. The molecule has 0 aliphatic heterocycles. The highest BCUT2D eigenvalue weighted by Crippen LogP contribution is 1.77. The van der Waals surface area contributed by atoms with Crippen molar-refractivity contribution in [2.24, 2.45) is 5.73 Å². The van der Waals surface area contributed by atoms with Crippen molar-refractivity contribution in [1.29, 1.82) is 0 Å². The van der Waals surface area contributed by atoms with Crippen LogP contribution >= 0.6 is 0 Å². The van der Waals surface area contributed by atoms with E-state index in [9.17, 15) is 0 Å². The van der Waals surface area contributed by atoms with Gasteiger partial charge in [0.1, 0.15) is 0 Å². The molecule has 1 atom stereocenters. The molecule has 0 aromatic heterocycles. The molecule has 0 bridgehead atoms. The van der Waals surface area contributed by atoms with Crippen LogP contribution in [0.3, 0.4) is 0 Å². The van der Waals surface area contributed by atoms with E-state index in [1.807, 2.05) is 0 Å². The van der Waals surface area contributed by atoms with Crippen LogP contribution in [0.15, 0.2) is 0 Å². The SMILES string of the molecule is [CH2]C(CN)OC. The Hall–Kier alpha value is -0.0800. The summed E-state index contributed by atoms with van der Waals surface area (Å²) < 4.78 is 4.66. The van der Waals surface area contributed by atoms with Gasteiger partial charge >= 0.3 is 0 Å². The zero-order valence-electron chi connectivity index (χ0n) is 3.98. The summed E-state index contributed by atoms with van der Waals surface area (Å²) in [6.07, 6.45) is -0.0370. The topological polar surface area (TPSA) is 35.2 Å². The first-order valence-electron chi connectivity index (χ1n) is 1.87. The van der Waals surface area contributed by atoms with Crippen LogP contribution in [0, 0.1) is 6.92 Å². The van der Waals surface area contributed by atoms with Gasteiger partial charge in [-0.15, -0.1) is 0 Å². The number of methoxy groups -OCH3 is 1. The molecule has 2 nitrogen and oxygen atoms in total. The number of rotatable bonds is 2. The molecule has 0 rings (SSSR count). The van der Waals surface area contributed by atoms with Crippen LogP contribution in [0.5, 0.6) is 0 Å². The lowest BCUT2D eigenvalue weighted by atomic mass is 10.4. The molecule has 37 valence electrons. The van der Waals surface area contributed by atoms with Gasteiger partial charge in [-0.25, -0.2) is 0 Å². The van der Waals surface area contributed by atoms with Gasteiger partial charge in [0.05, 0.1) is 6.10 Å². The fraction of sp³-hybridized carbons (Fsp3) is 0.750. The van der Waals surface area contributed by atoms with Crippen LogP contribution < -0.4 is 5.73 Å². The van der Waals surface area contributed by atoms with Gasteiger partial charge in [0.2, 0.25) is 0 Å².